The molecule has 1 amide bonds. The Bertz CT molecular complexity index is 975. The van der Waals surface area contributed by atoms with E-state index in [2.05, 4.69) is 10.0 Å². The third kappa shape index (κ3) is 5.27. The Kier molecular flexibility index (Phi) is 7.07. The molecule has 0 aromatic heterocycles. The summed E-state index contributed by atoms with van der Waals surface area (Å²) in [5.74, 6) is -0.440. The van der Waals surface area contributed by atoms with Gasteiger partial charge in [0.25, 0.3) is 21.6 Å². The molecule has 2 N–H and O–H groups in total. The number of nitro groups is 1. The standard InChI is InChI=1S/C18H21N3O6S/c1-13-8-9-14(21(23)24)12-17(13)28(25,26)20-16-7-4-3-6-15(16)18(22)19-10-5-11-27-2/h3-4,6-9,12,20H,5,10-11H2,1-2H3,(H,19,22). The minimum absolute atomic E-state index is 0.0812. The highest BCUT2D eigenvalue weighted by Gasteiger charge is 2.22. The molecule has 0 radical (unpaired) electrons. The summed E-state index contributed by atoms with van der Waals surface area (Å²) in [6.07, 6.45) is 0.614. The van der Waals surface area contributed by atoms with E-state index in [9.17, 15) is 23.3 Å². The Morgan fingerprint density at radius 3 is 2.61 bits per heavy atom. The van der Waals surface area contributed by atoms with Gasteiger partial charge in [0.05, 0.1) is 21.1 Å². The van der Waals surface area contributed by atoms with Gasteiger partial charge >= 0.3 is 0 Å². The average molecular weight is 407 g/mol. The van der Waals surface area contributed by atoms with Crippen molar-refractivity contribution in [2.75, 3.05) is 25.0 Å². The molecule has 2 rings (SSSR count). The molecular formula is C18H21N3O6S. The summed E-state index contributed by atoms with van der Waals surface area (Å²) in [5.41, 5.74) is 0.235. The molecule has 2 aromatic carbocycles. The minimum atomic E-state index is -4.14. The number of nitrogens with one attached hydrogen (secondary N) is 2. The van der Waals surface area contributed by atoms with Crippen molar-refractivity contribution in [2.45, 2.75) is 18.2 Å². The van der Waals surface area contributed by atoms with Crippen LogP contribution >= 0.6 is 0 Å². The highest BCUT2D eigenvalue weighted by molar-refractivity contribution is 7.92. The van der Waals surface area contributed by atoms with Gasteiger partial charge in [-0.25, -0.2) is 8.42 Å². The second-order valence-electron chi connectivity index (χ2n) is 5.96. The van der Waals surface area contributed by atoms with Gasteiger partial charge in [0.1, 0.15) is 0 Å². The van der Waals surface area contributed by atoms with Gasteiger partial charge in [-0.15, -0.1) is 0 Å². The number of carbonyl (C=O) groups is 1. The van der Waals surface area contributed by atoms with Crippen LogP contribution in [-0.4, -0.2) is 39.5 Å². The molecule has 0 saturated heterocycles. The van der Waals surface area contributed by atoms with E-state index >= 15 is 0 Å². The second-order valence-corrected chi connectivity index (χ2v) is 7.61. The Hall–Kier alpha value is -2.98. The van der Waals surface area contributed by atoms with Crippen LogP contribution in [0.1, 0.15) is 22.3 Å². The summed E-state index contributed by atoms with van der Waals surface area (Å²) in [4.78, 5) is 22.5. The fourth-order valence-corrected chi connectivity index (χ4v) is 3.82. The van der Waals surface area contributed by atoms with Crippen LogP contribution < -0.4 is 10.0 Å². The first-order chi connectivity index (χ1) is 13.3. The van der Waals surface area contributed by atoms with E-state index in [0.717, 1.165) is 6.07 Å². The molecule has 0 unspecified atom stereocenters. The summed E-state index contributed by atoms with van der Waals surface area (Å²) in [7, 11) is -2.58. The van der Waals surface area contributed by atoms with E-state index in [4.69, 9.17) is 4.74 Å². The zero-order valence-corrected chi connectivity index (χ0v) is 16.3. The number of non-ortho nitro benzene ring substituents is 1. The zero-order chi connectivity index (χ0) is 20.7. The molecule has 0 fully saturated rings. The van der Waals surface area contributed by atoms with Gasteiger partial charge < -0.3 is 10.1 Å². The van der Waals surface area contributed by atoms with Crippen molar-refractivity contribution in [1.82, 2.24) is 5.32 Å². The van der Waals surface area contributed by atoms with Crippen molar-refractivity contribution >= 4 is 27.3 Å². The van der Waals surface area contributed by atoms with Crippen molar-refractivity contribution < 1.29 is 22.9 Å². The van der Waals surface area contributed by atoms with E-state index in [1.165, 1.54) is 31.2 Å². The molecule has 0 bridgehead atoms. The maximum Gasteiger partial charge on any atom is 0.270 e. The largest absolute Gasteiger partial charge is 0.385 e. The van der Waals surface area contributed by atoms with E-state index in [-0.39, 0.29) is 21.8 Å². The van der Waals surface area contributed by atoms with Crippen molar-refractivity contribution in [2.24, 2.45) is 0 Å². The van der Waals surface area contributed by atoms with Crippen LogP contribution in [-0.2, 0) is 14.8 Å². The normalized spacial score (nSPS) is 11.1. The lowest BCUT2D eigenvalue weighted by atomic mass is 10.1. The van der Waals surface area contributed by atoms with Gasteiger partial charge in [0.2, 0.25) is 0 Å². The topological polar surface area (TPSA) is 128 Å². The summed E-state index contributed by atoms with van der Waals surface area (Å²) in [6.45, 7) is 2.39. The molecule has 9 nitrogen and oxygen atoms in total. The maximum absolute atomic E-state index is 12.8. The second kappa shape index (κ2) is 9.29. The molecule has 0 atom stereocenters. The number of aryl methyl sites for hydroxylation is 1. The fourth-order valence-electron chi connectivity index (χ4n) is 2.48. The number of benzene rings is 2. The number of ether oxygens (including phenoxy) is 1. The molecule has 0 aliphatic carbocycles. The van der Waals surface area contributed by atoms with E-state index in [1.54, 1.807) is 19.2 Å². The van der Waals surface area contributed by atoms with Crippen molar-refractivity contribution in [3.05, 3.63) is 63.7 Å². The number of methoxy groups -OCH3 is 1. The van der Waals surface area contributed by atoms with Crippen LogP contribution in [0, 0.1) is 17.0 Å². The van der Waals surface area contributed by atoms with Gasteiger partial charge in [-0.1, -0.05) is 18.2 Å². The van der Waals surface area contributed by atoms with Crippen molar-refractivity contribution in [1.29, 1.82) is 0 Å². The zero-order valence-electron chi connectivity index (χ0n) is 15.5. The number of carbonyl (C=O) groups excluding carboxylic acids is 1. The Morgan fingerprint density at radius 2 is 1.93 bits per heavy atom. The molecule has 28 heavy (non-hydrogen) atoms. The van der Waals surface area contributed by atoms with E-state index in [0.29, 0.717) is 25.1 Å². The van der Waals surface area contributed by atoms with Gasteiger partial charge in [0.15, 0.2) is 0 Å². The predicted molar refractivity (Wildman–Crippen MR) is 104 cm³/mol. The van der Waals surface area contributed by atoms with Crippen LogP contribution in [0.4, 0.5) is 11.4 Å². The fraction of sp³-hybridized carbons (Fsp3) is 0.278. The number of nitro benzene ring substituents is 1. The lowest BCUT2D eigenvalue weighted by Gasteiger charge is -2.14. The molecule has 0 aliphatic rings. The third-order valence-corrected chi connectivity index (χ3v) is 5.41. The average Bonchev–Trinajstić information content (AvgIpc) is 2.65. The van der Waals surface area contributed by atoms with Gasteiger partial charge in [-0.2, -0.15) is 0 Å². The highest BCUT2D eigenvalue weighted by atomic mass is 32.2. The number of nitrogens with zero attached hydrogens (tertiary/aromatic N) is 1. The lowest BCUT2D eigenvalue weighted by molar-refractivity contribution is -0.385. The monoisotopic (exact) mass is 407 g/mol. The van der Waals surface area contributed by atoms with Crippen LogP contribution in [0.5, 0.6) is 0 Å². The molecule has 0 saturated carbocycles. The van der Waals surface area contributed by atoms with Gasteiger partial charge in [-0.05, 0) is 31.0 Å². The SMILES string of the molecule is COCCCNC(=O)c1ccccc1NS(=O)(=O)c1cc([N+](=O)[O-])ccc1C. The molecular weight excluding hydrogens is 386 g/mol. The van der Waals surface area contributed by atoms with Gasteiger partial charge in [-0.3, -0.25) is 19.6 Å². The summed E-state index contributed by atoms with van der Waals surface area (Å²) in [5, 5.41) is 13.7. The number of para-hydroxylation sites is 1. The molecule has 0 heterocycles. The van der Waals surface area contributed by atoms with Crippen LogP contribution in [0.3, 0.4) is 0 Å². The first-order valence-corrected chi connectivity index (χ1v) is 9.88. The van der Waals surface area contributed by atoms with E-state index in [1.807, 2.05) is 0 Å². The van der Waals surface area contributed by atoms with Crippen molar-refractivity contribution in [3.63, 3.8) is 0 Å². The Labute approximate surface area is 162 Å². The summed E-state index contributed by atoms with van der Waals surface area (Å²) >= 11 is 0. The quantitative estimate of drug-likeness (QED) is 0.373. The van der Waals surface area contributed by atoms with Crippen LogP contribution in [0.25, 0.3) is 0 Å². The summed E-state index contributed by atoms with van der Waals surface area (Å²) < 4.78 is 32.9. The molecule has 0 spiro atoms. The minimum Gasteiger partial charge on any atom is -0.385 e. The molecule has 150 valence electrons. The number of amides is 1. The number of anilines is 1. The lowest BCUT2D eigenvalue weighted by Crippen LogP contribution is -2.27. The highest BCUT2D eigenvalue weighted by Crippen LogP contribution is 2.25. The Balaban J connectivity index is 2.29. The molecule has 2 aromatic rings. The van der Waals surface area contributed by atoms with E-state index < -0.39 is 20.9 Å². The van der Waals surface area contributed by atoms with Crippen LogP contribution in [0.2, 0.25) is 0 Å². The molecule has 0 aliphatic heterocycles. The van der Waals surface area contributed by atoms with Crippen LogP contribution in [0.15, 0.2) is 47.4 Å². The Morgan fingerprint density at radius 1 is 1.21 bits per heavy atom. The first kappa shape index (κ1) is 21.3. The first-order valence-electron chi connectivity index (χ1n) is 8.40. The number of hydrogen-bond acceptors (Lipinski definition) is 6. The smallest absolute Gasteiger partial charge is 0.270 e. The van der Waals surface area contributed by atoms with Gasteiger partial charge in [0, 0.05) is 32.4 Å². The number of rotatable bonds is 9. The third-order valence-electron chi connectivity index (χ3n) is 3.90. The number of sulfonamides is 1. The van der Waals surface area contributed by atoms with Crippen molar-refractivity contribution in [3.8, 4) is 0 Å². The number of hydrogen-bond donors (Lipinski definition) is 2. The molecule has 10 heteroatoms. The summed E-state index contributed by atoms with van der Waals surface area (Å²) in [6, 6.07) is 9.72. The predicted octanol–water partition coefficient (Wildman–Crippen LogP) is 2.47. The maximum atomic E-state index is 12.8.